The van der Waals surface area contributed by atoms with Crippen LogP contribution in [0.15, 0.2) is 24.0 Å². The van der Waals surface area contributed by atoms with Gasteiger partial charge in [-0.1, -0.05) is 71.6 Å². The molecule has 0 radical (unpaired) electrons. The molecule has 0 amide bonds. The van der Waals surface area contributed by atoms with Crippen molar-refractivity contribution in [3.63, 3.8) is 0 Å². The van der Waals surface area contributed by atoms with Crippen LogP contribution in [-0.2, 0) is 0 Å². The van der Waals surface area contributed by atoms with Gasteiger partial charge < -0.3 is 11.8 Å². The van der Waals surface area contributed by atoms with Crippen LogP contribution in [0.3, 0.4) is 0 Å². The summed E-state index contributed by atoms with van der Waals surface area (Å²) in [6, 6.07) is 0. The average molecular weight is 319 g/mol. The second-order valence-electron chi connectivity index (χ2n) is 6.61. The minimum Gasteiger partial charge on any atom is -0.512 e. The normalized spacial score (nSPS) is 16.0. The van der Waals surface area contributed by atoms with Gasteiger partial charge in [0.2, 0.25) is 0 Å². The molecule has 2 nitrogen and oxygen atoms in total. The second kappa shape index (κ2) is 17.3. The zero-order valence-corrected chi connectivity index (χ0v) is 15.6. The topological polar surface area (TPSA) is 28.2 Å². The Balaban J connectivity index is 0.00000232. The molecule has 132 valence electrons. The van der Waals surface area contributed by atoms with Crippen molar-refractivity contribution in [3.8, 4) is 0 Å². The Hall–Kier alpha value is -1.07. The molecule has 0 bridgehead atoms. The molecule has 1 unspecified atom stereocenters. The predicted octanol–water partition coefficient (Wildman–Crippen LogP) is 5.49. The fourth-order valence-electron chi connectivity index (χ4n) is 3.15. The summed E-state index contributed by atoms with van der Waals surface area (Å²) in [5.74, 6) is 0. The van der Waals surface area contributed by atoms with E-state index in [2.05, 4.69) is 32.2 Å². The molecule has 23 heavy (non-hydrogen) atoms. The van der Waals surface area contributed by atoms with Crippen molar-refractivity contribution in [1.82, 2.24) is 0 Å². The number of nitrogens with zero attached hydrogens (tertiary/aromatic N) is 1. The van der Waals surface area contributed by atoms with E-state index in [-0.39, 0.29) is 0 Å². The maximum Gasteiger partial charge on any atom is 0.112 e. The van der Waals surface area contributed by atoms with Gasteiger partial charge in [0.1, 0.15) is 5.70 Å². The first-order chi connectivity index (χ1) is 11.4. The molecule has 0 fully saturated rings. The van der Waals surface area contributed by atoms with Crippen LogP contribution in [0, 0.1) is 11.8 Å². The van der Waals surface area contributed by atoms with Crippen LogP contribution >= 0.6 is 0 Å². The van der Waals surface area contributed by atoms with Crippen LogP contribution in [-0.4, -0.2) is 6.54 Å². The Labute approximate surface area is 145 Å². The molecule has 1 atom stereocenters. The fourth-order valence-corrected chi connectivity index (χ4v) is 3.15. The van der Waals surface area contributed by atoms with Crippen molar-refractivity contribution in [3.05, 3.63) is 30.6 Å². The van der Waals surface area contributed by atoms with Crippen LogP contribution in [0.4, 0.5) is 0 Å². The van der Waals surface area contributed by atoms with E-state index in [1.807, 2.05) is 0 Å². The Morgan fingerprint density at radius 3 is 1.87 bits per heavy atom. The average Bonchev–Trinajstić information content (AvgIpc) is 3.04. The number of nitrogens with one attached hydrogen (secondary N) is 1. The highest BCUT2D eigenvalue weighted by atomic mass is 15.1. The molecule has 1 rings (SSSR count). The quantitative estimate of drug-likeness (QED) is 0.333. The zero-order chi connectivity index (χ0) is 17.2. The second-order valence-corrected chi connectivity index (χ2v) is 6.61. The van der Waals surface area contributed by atoms with Gasteiger partial charge in [-0.3, -0.25) is 4.90 Å². The number of rotatable bonds is 14. The lowest BCUT2D eigenvalue weighted by Gasteiger charge is -2.14. The van der Waals surface area contributed by atoms with Gasteiger partial charge in [-0.2, -0.15) is 0 Å². The summed E-state index contributed by atoms with van der Waals surface area (Å²) in [4.78, 5) is 1.63. The smallest absolute Gasteiger partial charge is 0.112 e. The minimum atomic E-state index is 1.29. The van der Waals surface area contributed by atoms with Gasteiger partial charge in [0.25, 0.3) is 0 Å². The van der Waals surface area contributed by atoms with E-state index >= 15 is 0 Å². The van der Waals surface area contributed by atoms with Crippen molar-refractivity contribution >= 4 is 0 Å². The van der Waals surface area contributed by atoms with E-state index in [1.54, 1.807) is 10.6 Å². The molecule has 0 aromatic heterocycles. The maximum atomic E-state index is 6.25. The third-order valence-corrected chi connectivity index (χ3v) is 4.61. The first-order valence-corrected chi connectivity index (χ1v) is 9.84. The van der Waals surface area contributed by atoms with E-state index in [0.29, 0.717) is 0 Å². The lowest BCUT2D eigenvalue weighted by Crippen LogP contribution is -3.04. The fraction of sp³-hybridized carbons (Fsp3) is 0.762. The van der Waals surface area contributed by atoms with Gasteiger partial charge in [0.15, 0.2) is 0 Å². The van der Waals surface area contributed by atoms with Crippen molar-refractivity contribution < 1.29 is 4.90 Å². The molecule has 1 aliphatic rings. The van der Waals surface area contributed by atoms with Gasteiger partial charge in [0, 0.05) is 12.5 Å². The number of hydrogen-bond acceptors (Lipinski definition) is 1. The Kier molecular flexibility index (Phi) is 16.5. The van der Waals surface area contributed by atoms with Crippen molar-refractivity contribution in [2.45, 2.75) is 97.3 Å². The lowest BCUT2D eigenvalue weighted by atomic mass is 10.1. The van der Waals surface area contributed by atoms with Gasteiger partial charge in [0.05, 0.1) is 12.7 Å². The molecule has 2 heteroatoms. The highest BCUT2D eigenvalue weighted by Crippen LogP contribution is 2.10. The summed E-state index contributed by atoms with van der Waals surface area (Å²) in [5.41, 5.74) is 1.62. The van der Waals surface area contributed by atoms with Crippen molar-refractivity contribution in [1.29, 1.82) is 5.26 Å². The van der Waals surface area contributed by atoms with E-state index in [0.717, 1.165) is 0 Å². The largest absolute Gasteiger partial charge is 0.512 e. The van der Waals surface area contributed by atoms with E-state index in [4.69, 9.17) is 11.8 Å². The van der Waals surface area contributed by atoms with Crippen LogP contribution in [0.1, 0.15) is 97.3 Å². The Morgan fingerprint density at radius 2 is 1.30 bits per heavy atom. The third-order valence-electron chi connectivity index (χ3n) is 4.61. The third kappa shape index (κ3) is 12.1. The van der Waals surface area contributed by atoms with Gasteiger partial charge in [-0.05, 0) is 25.3 Å². The molecule has 1 N–H and O–H groups in total. The molecule has 0 saturated carbocycles. The summed E-state index contributed by atoms with van der Waals surface area (Å²) < 4.78 is 0. The Morgan fingerprint density at radius 1 is 0.783 bits per heavy atom. The number of quaternary nitrogens is 1. The SMILES string of the molecule is CCCCCCCCCCCC[NH+]1C=CC=C1CCCC.[C-]#N. The zero-order valence-electron chi connectivity index (χ0n) is 15.6. The first-order valence-electron chi connectivity index (χ1n) is 9.84. The van der Waals surface area contributed by atoms with Crippen LogP contribution in [0.2, 0.25) is 0 Å². The Bertz CT molecular complexity index is 328. The molecule has 0 saturated heterocycles. The summed E-state index contributed by atoms with van der Waals surface area (Å²) in [5, 5.41) is 6.25. The monoisotopic (exact) mass is 318 g/mol. The molecule has 0 aromatic rings. The molecule has 0 spiro atoms. The van der Waals surface area contributed by atoms with Crippen LogP contribution in [0.25, 0.3) is 0 Å². The van der Waals surface area contributed by atoms with Gasteiger partial charge in [-0.15, -0.1) is 0 Å². The standard InChI is InChI=1S/C20H37N.CN/c1-3-5-7-8-9-10-11-12-13-14-18-21-19-15-17-20(21)16-6-4-2;1-2/h15,17,19H,3-14,16,18H2,1-2H3;/q;-1/p+1. The molecular formula is C21H38N2. The summed E-state index contributed by atoms with van der Waals surface area (Å²) in [7, 11) is 0. The van der Waals surface area contributed by atoms with Gasteiger partial charge in [-0.25, -0.2) is 0 Å². The van der Waals surface area contributed by atoms with E-state index in [1.165, 1.54) is 90.0 Å². The molecule has 0 aliphatic carbocycles. The van der Waals surface area contributed by atoms with E-state index < -0.39 is 0 Å². The summed E-state index contributed by atoms with van der Waals surface area (Å²) >= 11 is 0. The maximum absolute atomic E-state index is 6.25. The van der Waals surface area contributed by atoms with E-state index in [9.17, 15) is 0 Å². The number of allylic oxidation sites excluding steroid dienone is 3. The predicted molar refractivity (Wildman–Crippen MR) is 99.4 cm³/mol. The summed E-state index contributed by atoms with van der Waals surface area (Å²) in [6.07, 6.45) is 25.2. The lowest BCUT2D eigenvalue weighted by molar-refractivity contribution is -0.804. The van der Waals surface area contributed by atoms with Crippen molar-refractivity contribution in [2.75, 3.05) is 6.54 Å². The molecule has 1 aliphatic heterocycles. The highest BCUT2D eigenvalue weighted by Gasteiger charge is 2.15. The van der Waals surface area contributed by atoms with Crippen molar-refractivity contribution in [2.24, 2.45) is 0 Å². The first kappa shape index (κ1) is 21.9. The number of unbranched alkanes of at least 4 members (excludes halogenated alkanes) is 10. The molecule has 1 heterocycles. The highest BCUT2D eigenvalue weighted by molar-refractivity contribution is 5.10. The molecular weight excluding hydrogens is 280 g/mol. The molecule has 0 aromatic carbocycles. The number of hydrogen-bond donors (Lipinski definition) is 1. The minimum absolute atomic E-state index is 1.29. The van der Waals surface area contributed by atoms with Crippen LogP contribution < -0.4 is 4.90 Å². The van der Waals surface area contributed by atoms with Gasteiger partial charge >= 0.3 is 0 Å². The summed E-state index contributed by atoms with van der Waals surface area (Å²) in [6.45, 7) is 10.6. The van der Waals surface area contributed by atoms with Crippen LogP contribution in [0.5, 0.6) is 0 Å².